The summed E-state index contributed by atoms with van der Waals surface area (Å²) in [6.07, 6.45) is 6.39. The third kappa shape index (κ3) is 2.83. The van der Waals surface area contributed by atoms with E-state index >= 15 is 0 Å². The first-order valence-electron chi connectivity index (χ1n) is 4.83. The predicted octanol–water partition coefficient (Wildman–Crippen LogP) is 2.07. The highest BCUT2D eigenvalue weighted by Crippen LogP contribution is 2.17. The first kappa shape index (κ1) is 10.7. The monoisotopic (exact) mass is 195 g/mol. The summed E-state index contributed by atoms with van der Waals surface area (Å²) in [7, 11) is 0. The summed E-state index contributed by atoms with van der Waals surface area (Å²) in [4.78, 5) is 0. The lowest BCUT2D eigenvalue weighted by Gasteiger charge is -2.19. The minimum Gasteiger partial charge on any atom is -0.486 e. The van der Waals surface area contributed by atoms with E-state index in [1.165, 1.54) is 11.8 Å². The van der Waals surface area contributed by atoms with Gasteiger partial charge < -0.3 is 15.2 Å². The summed E-state index contributed by atoms with van der Waals surface area (Å²) in [5.74, 6) is 1.34. The molecule has 0 atom stereocenters. The van der Waals surface area contributed by atoms with Gasteiger partial charge in [0.25, 0.3) is 0 Å². The van der Waals surface area contributed by atoms with Gasteiger partial charge in [0.15, 0.2) is 11.5 Å². The van der Waals surface area contributed by atoms with Crippen LogP contribution in [0.5, 0.6) is 0 Å². The van der Waals surface area contributed by atoms with Crippen molar-refractivity contribution in [2.24, 2.45) is 5.73 Å². The Morgan fingerprint density at radius 2 is 2.00 bits per heavy atom. The van der Waals surface area contributed by atoms with Crippen LogP contribution >= 0.6 is 0 Å². The third-order valence-corrected chi connectivity index (χ3v) is 2.07. The highest BCUT2D eigenvalue weighted by Gasteiger charge is 2.12. The molecule has 2 N–H and O–H groups in total. The Bertz CT molecular complexity index is 277. The summed E-state index contributed by atoms with van der Waals surface area (Å²) in [6.45, 7) is 5.34. The lowest BCUT2D eigenvalue weighted by Crippen LogP contribution is -2.14. The van der Waals surface area contributed by atoms with E-state index in [-0.39, 0.29) is 0 Å². The average Bonchev–Trinajstić information content (AvgIpc) is 2.26. The second-order valence-electron chi connectivity index (χ2n) is 3.13. The van der Waals surface area contributed by atoms with Gasteiger partial charge in [-0.05, 0) is 19.4 Å². The molecule has 1 saturated heterocycles. The molecule has 0 spiro atoms. The van der Waals surface area contributed by atoms with Gasteiger partial charge in [0.05, 0.1) is 0 Å². The van der Waals surface area contributed by atoms with Crippen LogP contribution in [0.1, 0.15) is 20.3 Å². The zero-order chi connectivity index (χ0) is 10.4. The van der Waals surface area contributed by atoms with Gasteiger partial charge in [-0.15, -0.1) is 0 Å². The van der Waals surface area contributed by atoms with E-state index in [4.69, 9.17) is 15.2 Å². The first-order chi connectivity index (χ1) is 6.77. The van der Waals surface area contributed by atoms with Gasteiger partial charge in [-0.25, -0.2) is 0 Å². The Morgan fingerprint density at radius 3 is 2.57 bits per heavy atom. The Kier molecular flexibility index (Phi) is 4.11. The molecule has 0 aromatic carbocycles. The Hall–Kier alpha value is -1.38. The van der Waals surface area contributed by atoms with Crippen molar-refractivity contribution in [3.8, 4) is 0 Å². The third-order valence-electron chi connectivity index (χ3n) is 2.07. The second kappa shape index (κ2) is 5.37. The van der Waals surface area contributed by atoms with Crippen LogP contribution in [0.15, 0.2) is 35.4 Å². The molecule has 0 aliphatic carbocycles. The van der Waals surface area contributed by atoms with Crippen LogP contribution in [0, 0.1) is 0 Å². The Balaban J connectivity index is 2.73. The number of allylic oxidation sites excluding steroid dienone is 3. The van der Waals surface area contributed by atoms with E-state index in [2.05, 4.69) is 13.8 Å². The van der Waals surface area contributed by atoms with Crippen LogP contribution in [0.2, 0.25) is 0 Å². The van der Waals surface area contributed by atoms with E-state index in [9.17, 15) is 0 Å². The maximum absolute atomic E-state index is 5.42. The summed E-state index contributed by atoms with van der Waals surface area (Å²) in [6, 6.07) is 0. The van der Waals surface area contributed by atoms with Crippen molar-refractivity contribution in [2.45, 2.75) is 20.3 Å². The zero-order valence-electron chi connectivity index (χ0n) is 8.75. The van der Waals surface area contributed by atoms with Crippen molar-refractivity contribution < 1.29 is 9.47 Å². The largest absolute Gasteiger partial charge is 0.486 e. The Labute approximate surface area is 84.9 Å². The van der Waals surface area contributed by atoms with Gasteiger partial charge in [0.2, 0.25) is 0 Å². The fraction of sp³-hybridized carbons (Fsp3) is 0.455. The van der Waals surface area contributed by atoms with Crippen LogP contribution < -0.4 is 5.73 Å². The van der Waals surface area contributed by atoms with Crippen molar-refractivity contribution in [1.82, 2.24) is 0 Å². The maximum atomic E-state index is 5.42. The van der Waals surface area contributed by atoms with Crippen LogP contribution in [0.25, 0.3) is 0 Å². The summed E-state index contributed by atoms with van der Waals surface area (Å²) in [5.41, 5.74) is 6.70. The molecule has 1 aliphatic heterocycles. The number of ether oxygens (including phenoxy) is 2. The number of rotatable bonds is 2. The molecule has 0 aromatic heterocycles. The van der Waals surface area contributed by atoms with Gasteiger partial charge in [-0.2, -0.15) is 0 Å². The molecule has 1 aliphatic rings. The molecular weight excluding hydrogens is 178 g/mol. The lowest BCUT2D eigenvalue weighted by molar-refractivity contribution is 0.0592. The van der Waals surface area contributed by atoms with Gasteiger partial charge >= 0.3 is 0 Å². The molecule has 1 fully saturated rings. The lowest BCUT2D eigenvalue weighted by atomic mass is 10.2. The van der Waals surface area contributed by atoms with Crippen LogP contribution in [-0.4, -0.2) is 13.2 Å². The zero-order valence-corrected chi connectivity index (χ0v) is 8.75. The topological polar surface area (TPSA) is 44.5 Å². The molecule has 3 nitrogen and oxygen atoms in total. The van der Waals surface area contributed by atoms with Crippen LogP contribution in [-0.2, 0) is 9.47 Å². The van der Waals surface area contributed by atoms with Gasteiger partial charge in [0, 0.05) is 6.20 Å². The van der Waals surface area contributed by atoms with Crippen molar-refractivity contribution in [2.75, 3.05) is 13.2 Å². The minimum atomic E-state index is 0.566. The molecule has 0 unspecified atom stereocenters. The normalized spacial score (nSPS) is 23.4. The van der Waals surface area contributed by atoms with E-state index in [0.29, 0.717) is 24.7 Å². The molecule has 0 bridgehead atoms. The highest BCUT2D eigenvalue weighted by molar-refractivity contribution is 5.26. The quantitative estimate of drug-likeness (QED) is 0.733. The molecule has 0 saturated carbocycles. The molecule has 14 heavy (non-hydrogen) atoms. The average molecular weight is 195 g/mol. The second-order valence-corrected chi connectivity index (χ2v) is 3.13. The number of hydrogen-bond donors (Lipinski definition) is 1. The smallest absolute Gasteiger partial charge is 0.176 e. The fourth-order valence-corrected chi connectivity index (χ4v) is 1.04. The highest BCUT2D eigenvalue weighted by atomic mass is 16.6. The van der Waals surface area contributed by atoms with E-state index < -0.39 is 0 Å². The molecule has 3 heteroatoms. The number of hydrogen-bond acceptors (Lipinski definition) is 3. The van der Waals surface area contributed by atoms with E-state index in [1.807, 2.05) is 12.2 Å². The summed E-state index contributed by atoms with van der Waals surface area (Å²) in [5, 5.41) is 0. The molecular formula is C11H17NO2. The SMILES string of the molecule is CC/C(C)=C/C=C1/OCCO/C1=C/N. The van der Waals surface area contributed by atoms with Gasteiger partial charge in [-0.1, -0.05) is 18.6 Å². The molecule has 1 heterocycles. The number of nitrogens with two attached hydrogens (primary N) is 1. The summed E-state index contributed by atoms with van der Waals surface area (Å²) >= 11 is 0. The van der Waals surface area contributed by atoms with Crippen LogP contribution in [0.4, 0.5) is 0 Å². The van der Waals surface area contributed by atoms with Crippen molar-refractivity contribution in [1.29, 1.82) is 0 Å². The van der Waals surface area contributed by atoms with Gasteiger partial charge in [0.1, 0.15) is 13.2 Å². The fourth-order valence-electron chi connectivity index (χ4n) is 1.04. The Morgan fingerprint density at radius 1 is 1.36 bits per heavy atom. The van der Waals surface area contributed by atoms with E-state index in [0.717, 1.165) is 6.42 Å². The first-order valence-corrected chi connectivity index (χ1v) is 4.83. The van der Waals surface area contributed by atoms with E-state index in [1.54, 1.807) is 0 Å². The minimum absolute atomic E-state index is 0.566. The molecule has 78 valence electrons. The summed E-state index contributed by atoms with van der Waals surface area (Å²) < 4.78 is 10.7. The standard InChI is InChI=1S/C11H17NO2/c1-3-9(2)4-5-10-11(8-12)14-7-6-13-10/h4-5,8H,3,6-7,12H2,1-2H3/b9-4+,10-5+,11-8+. The van der Waals surface area contributed by atoms with Crippen LogP contribution in [0.3, 0.4) is 0 Å². The van der Waals surface area contributed by atoms with Crippen molar-refractivity contribution >= 4 is 0 Å². The van der Waals surface area contributed by atoms with Crippen molar-refractivity contribution in [3.05, 3.63) is 35.4 Å². The molecule has 0 amide bonds. The molecule has 1 rings (SSSR count). The molecule has 0 radical (unpaired) electrons. The maximum Gasteiger partial charge on any atom is 0.176 e. The van der Waals surface area contributed by atoms with Crippen molar-refractivity contribution in [3.63, 3.8) is 0 Å². The molecule has 0 aromatic rings. The van der Waals surface area contributed by atoms with Gasteiger partial charge in [-0.3, -0.25) is 0 Å². The predicted molar refractivity (Wildman–Crippen MR) is 56.3 cm³/mol.